The summed E-state index contributed by atoms with van der Waals surface area (Å²) in [6.07, 6.45) is 8.28. The molecule has 0 radical (unpaired) electrons. The number of carbonyl (C=O) groups excluding carboxylic acids is 1. The van der Waals surface area contributed by atoms with Gasteiger partial charge in [-0.1, -0.05) is 6.07 Å². The van der Waals surface area contributed by atoms with Crippen molar-refractivity contribution in [2.24, 2.45) is 0 Å². The SMILES string of the molecule is O=C(Nc1ccccn1)c1cc(-c2cccnc2)nc2c1cnn2Cc1ccco1. The zero-order valence-corrected chi connectivity index (χ0v) is 15.8. The van der Waals surface area contributed by atoms with Gasteiger partial charge >= 0.3 is 0 Å². The third-order valence-corrected chi connectivity index (χ3v) is 4.60. The highest BCUT2D eigenvalue weighted by Crippen LogP contribution is 2.25. The fourth-order valence-electron chi connectivity index (χ4n) is 3.18. The predicted octanol–water partition coefficient (Wildman–Crippen LogP) is 3.78. The van der Waals surface area contributed by atoms with Crippen LogP contribution in [0.2, 0.25) is 0 Å². The standard InChI is InChI=1S/C22H16N6O2/c29-22(27-20-7-1-2-9-24-20)17-11-19(15-5-3-8-23-12-15)26-21-18(17)13-25-28(21)14-16-6-4-10-30-16/h1-13H,14H2,(H,24,27,29). The molecule has 0 spiro atoms. The number of anilines is 1. The first-order valence-electron chi connectivity index (χ1n) is 9.30. The zero-order chi connectivity index (χ0) is 20.3. The second-order valence-electron chi connectivity index (χ2n) is 6.58. The monoisotopic (exact) mass is 396 g/mol. The highest BCUT2D eigenvalue weighted by Gasteiger charge is 2.18. The number of aromatic nitrogens is 5. The largest absolute Gasteiger partial charge is 0.467 e. The maximum atomic E-state index is 13.1. The van der Waals surface area contributed by atoms with Gasteiger partial charge in [0.1, 0.15) is 18.1 Å². The second kappa shape index (κ2) is 7.59. The first-order valence-corrected chi connectivity index (χ1v) is 9.30. The summed E-state index contributed by atoms with van der Waals surface area (Å²) in [6.45, 7) is 0.404. The van der Waals surface area contributed by atoms with E-state index in [1.165, 1.54) is 0 Å². The van der Waals surface area contributed by atoms with Crippen LogP contribution in [0.1, 0.15) is 16.1 Å². The second-order valence-corrected chi connectivity index (χ2v) is 6.58. The van der Waals surface area contributed by atoms with Gasteiger partial charge in [0.25, 0.3) is 5.91 Å². The van der Waals surface area contributed by atoms with E-state index in [9.17, 15) is 4.79 Å². The van der Waals surface area contributed by atoms with Crippen molar-refractivity contribution in [3.05, 3.63) is 90.9 Å². The van der Waals surface area contributed by atoms with Crippen LogP contribution in [0.25, 0.3) is 22.3 Å². The number of fused-ring (bicyclic) bond motifs is 1. The van der Waals surface area contributed by atoms with Gasteiger partial charge in [0.15, 0.2) is 5.65 Å². The molecule has 0 aromatic carbocycles. The Balaban J connectivity index is 1.62. The number of hydrogen-bond donors (Lipinski definition) is 1. The van der Waals surface area contributed by atoms with Crippen LogP contribution in [0, 0.1) is 0 Å². The van der Waals surface area contributed by atoms with E-state index in [-0.39, 0.29) is 5.91 Å². The number of nitrogens with one attached hydrogen (secondary N) is 1. The Bertz CT molecular complexity index is 1300. The maximum Gasteiger partial charge on any atom is 0.257 e. The third kappa shape index (κ3) is 3.42. The van der Waals surface area contributed by atoms with Crippen LogP contribution in [0.5, 0.6) is 0 Å². The number of hydrogen-bond acceptors (Lipinski definition) is 6. The van der Waals surface area contributed by atoms with Crippen LogP contribution in [0.4, 0.5) is 5.82 Å². The van der Waals surface area contributed by atoms with E-state index in [4.69, 9.17) is 9.40 Å². The van der Waals surface area contributed by atoms with Crippen LogP contribution in [0.15, 0.2) is 84.0 Å². The minimum absolute atomic E-state index is 0.288. The molecular weight excluding hydrogens is 380 g/mol. The predicted molar refractivity (Wildman–Crippen MR) is 111 cm³/mol. The lowest BCUT2D eigenvalue weighted by atomic mass is 10.1. The van der Waals surface area contributed by atoms with Gasteiger partial charge < -0.3 is 9.73 Å². The summed E-state index contributed by atoms with van der Waals surface area (Å²) in [5.41, 5.74) is 2.47. The van der Waals surface area contributed by atoms with Gasteiger partial charge in [-0.25, -0.2) is 14.6 Å². The molecule has 0 saturated carbocycles. The lowest BCUT2D eigenvalue weighted by molar-refractivity contribution is 0.102. The van der Waals surface area contributed by atoms with Crippen LogP contribution in [0.3, 0.4) is 0 Å². The fourth-order valence-corrected chi connectivity index (χ4v) is 3.18. The highest BCUT2D eigenvalue weighted by atomic mass is 16.3. The minimum Gasteiger partial charge on any atom is -0.467 e. The third-order valence-electron chi connectivity index (χ3n) is 4.60. The summed E-state index contributed by atoms with van der Waals surface area (Å²) in [6, 6.07) is 14.5. The Hall–Kier alpha value is -4.33. The van der Waals surface area contributed by atoms with E-state index in [1.807, 2.05) is 30.3 Å². The number of furan rings is 1. The van der Waals surface area contributed by atoms with Gasteiger partial charge in [0.2, 0.25) is 0 Å². The number of amides is 1. The summed E-state index contributed by atoms with van der Waals surface area (Å²) >= 11 is 0. The average Bonchev–Trinajstić information content (AvgIpc) is 3.45. The van der Waals surface area contributed by atoms with Crippen molar-refractivity contribution < 1.29 is 9.21 Å². The lowest BCUT2D eigenvalue weighted by Crippen LogP contribution is -2.14. The van der Waals surface area contributed by atoms with Crippen LogP contribution >= 0.6 is 0 Å². The van der Waals surface area contributed by atoms with Crippen molar-refractivity contribution >= 4 is 22.8 Å². The van der Waals surface area contributed by atoms with E-state index in [0.29, 0.717) is 34.7 Å². The summed E-state index contributed by atoms with van der Waals surface area (Å²) in [5.74, 6) is 0.926. The van der Waals surface area contributed by atoms with Crippen LogP contribution in [-0.4, -0.2) is 30.6 Å². The fraction of sp³-hybridized carbons (Fsp3) is 0.0455. The Kier molecular flexibility index (Phi) is 4.49. The lowest BCUT2D eigenvalue weighted by Gasteiger charge is -2.09. The van der Waals surface area contributed by atoms with Gasteiger partial charge in [0.05, 0.1) is 29.1 Å². The molecule has 0 bridgehead atoms. The zero-order valence-electron chi connectivity index (χ0n) is 15.8. The summed E-state index contributed by atoms with van der Waals surface area (Å²) < 4.78 is 7.16. The molecular formula is C22H16N6O2. The number of pyridine rings is 3. The van der Waals surface area contributed by atoms with Crippen molar-refractivity contribution in [2.75, 3.05) is 5.32 Å². The number of carbonyl (C=O) groups is 1. The molecule has 0 saturated heterocycles. The van der Waals surface area contributed by atoms with Crippen molar-refractivity contribution in [3.63, 3.8) is 0 Å². The molecule has 1 amide bonds. The summed E-state index contributed by atoms with van der Waals surface area (Å²) in [4.78, 5) is 26.2. The average molecular weight is 396 g/mol. The van der Waals surface area contributed by atoms with Gasteiger partial charge in [-0.3, -0.25) is 9.78 Å². The van der Waals surface area contributed by atoms with E-state index in [2.05, 4.69) is 20.4 Å². The highest BCUT2D eigenvalue weighted by molar-refractivity contribution is 6.12. The Morgan fingerprint density at radius 3 is 2.80 bits per heavy atom. The molecule has 30 heavy (non-hydrogen) atoms. The molecule has 5 aromatic heterocycles. The quantitative estimate of drug-likeness (QED) is 0.485. The first-order chi connectivity index (χ1) is 14.8. The molecule has 146 valence electrons. The molecule has 0 aliphatic carbocycles. The number of nitrogens with zero attached hydrogens (tertiary/aromatic N) is 5. The van der Waals surface area contributed by atoms with Gasteiger partial charge in [-0.2, -0.15) is 5.10 Å². The topological polar surface area (TPSA) is 98.7 Å². The Morgan fingerprint density at radius 2 is 2.03 bits per heavy atom. The van der Waals surface area contributed by atoms with Crippen LogP contribution in [-0.2, 0) is 6.54 Å². The number of rotatable bonds is 5. The maximum absolute atomic E-state index is 13.1. The molecule has 8 heteroatoms. The van der Waals surface area contributed by atoms with Gasteiger partial charge in [-0.15, -0.1) is 0 Å². The molecule has 5 aromatic rings. The molecule has 8 nitrogen and oxygen atoms in total. The van der Waals surface area contributed by atoms with Crippen molar-refractivity contribution in [1.29, 1.82) is 0 Å². The summed E-state index contributed by atoms with van der Waals surface area (Å²) in [7, 11) is 0. The minimum atomic E-state index is -0.288. The van der Waals surface area contributed by atoms with E-state index < -0.39 is 0 Å². The molecule has 1 N–H and O–H groups in total. The molecule has 0 aliphatic heterocycles. The molecule has 0 aliphatic rings. The molecule has 0 fully saturated rings. The first kappa shape index (κ1) is 17.7. The summed E-state index contributed by atoms with van der Waals surface area (Å²) in [5, 5.41) is 7.91. The molecule has 0 atom stereocenters. The molecule has 5 heterocycles. The van der Waals surface area contributed by atoms with Gasteiger partial charge in [0, 0.05) is 24.2 Å². The van der Waals surface area contributed by atoms with E-state index >= 15 is 0 Å². The van der Waals surface area contributed by atoms with Crippen molar-refractivity contribution in [2.45, 2.75) is 6.54 Å². The van der Waals surface area contributed by atoms with E-state index in [0.717, 1.165) is 11.3 Å². The molecule has 5 rings (SSSR count). The van der Waals surface area contributed by atoms with Crippen LogP contribution < -0.4 is 5.32 Å². The van der Waals surface area contributed by atoms with Gasteiger partial charge in [-0.05, 0) is 42.5 Å². The van der Waals surface area contributed by atoms with Crippen molar-refractivity contribution in [1.82, 2.24) is 24.7 Å². The smallest absolute Gasteiger partial charge is 0.257 e. The Labute approximate surface area is 171 Å². The van der Waals surface area contributed by atoms with E-state index in [1.54, 1.807) is 53.9 Å². The molecule has 0 unspecified atom stereocenters. The normalized spacial score (nSPS) is 10.9. The van der Waals surface area contributed by atoms with Crippen molar-refractivity contribution in [3.8, 4) is 11.3 Å². The Morgan fingerprint density at radius 1 is 1.07 bits per heavy atom.